The van der Waals surface area contributed by atoms with Crippen molar-refractivity contribution in [2.45, 2.75) is 39.7 Å². The number of nitro groups is 1. The van der Waals surface area contributed by atoms with E-state index in [2.05, 4.69) is 20.8 Å². The molecule has 0 radical (unpaired) electrons. The smallest absolute Gasteiger partial charge is 0.269 e. The minimum atomic E-state index is -0.454. The molecule has 168 valence electrons. The van der Waals surface area contributed by atoms with Gasteiger partial charge in [0.25, 0.3) is 5.69 Å². The van der Waals surface area contributed by atoms with Gasteiger partial charge >= 0.3 is 0 Å². The van der Waals surface area contributed by atoms with E-state index in [9.17, 15) is 14.9 Å². The fourth-order valence-corrected chi connectivity index (χ4v) is 3.60. The summed E-state index contributed by atoms with van der Waals surface area (Å²) in [5, 5.41) is 11.3. The van der Waals surface area contributed by atoms with E-state index in [1.165, 1.54) is 17.7 Å². The van der Waals surface area contributed by atoms with Crippen molar-refractivity contribution in [2.75, 3.05) is 0 Å². The number of fused-ring (bicyclic) bond motifs is 1. The lowest BCUT2D eigenvalue weighted by Gasteiger charge is -2.19. The van der Waals surface area contributed by atoms with Gasteiger partial charge in [0, 0.05) is 17.7 Å². The zero-order chi connectivity index (χ0) is 23.8. The first kappa shape index (κ1) is 22.3. The summed E-state index contributed by atoms with van der Waals surface area (Å²) in [5.74, 6) is 0.480. The molecule has 0 aliphatic heterocycles. The molecular formula is C27H25NO5. The maximum atomic E-state index is 13.4. The number of nitro benzene ring substituents is 1. The first-order valence-corrected chi connectivity index (χ1v) is 10.7. The standard InChI is InChI=1S/C27H25NO5/c1-17-5-14-23-22(15-17)24(29)26(32-16-18-6-12-21(13-7-18)28(30)31)25(33-23)19-8-10-20(11-9-19)27(2,3)4/h5-15H,16H2,1-4H3. The van der Waals surface area contributed by atoms with Gasteiger partial charge in [-0.25, -0.2) is 0 Å². The number of ether oxygens (including phenoxy) is 1. The van der Waals surface area contributed by atoms with Crippen LogP contribution >= 0.6 is 0 Å². The van der Waals surface area contributed by atoms with E-state index in [-0.39, 0.29) is 28.9 Å². The molecule has 0 amide bonds. The third-order valence-corrected chi connectivity index (χ3v) is 5.55. The van der Waals surface area contributed by atoms with E-state index in [0.717, 1.165) is 11.1 Å². The molecule has 0 aliphatic carbocycles. The molecular weight excluding hydrogens is 418 g/mol. The van der Waals surface area contributed by atoms with E-state index < -0.39 is 4.92 Å². The van der Waals surface area contributed by atoms with Crippen molar-refractivity contribution in [3.8, 4) is 17.1 Å². The van der Waals surface area contributed by atoms with E-state index in [0.29, 0.717) is 22.3 Å². The van der Waals surface area contributed by atoms with E-state index >= 15 is 0 Å². The summed E-state index contributed by atoms with van der Waals surface area (Å²) in [6.07, 6.45) is 0. The van der Waals surface area contributed by atoms with Crippen molar-refractivity contribution in [1.29, 1.82) is 0 Å². The summed E-state index contributed by atoms with van der Waals surface area (Å²) in [6, 6.07) is 19.4. The third-order valence-electron chi connectivity index (χ3n) is 5.55. The van der Waals surface area contributed by atoms with Crippen molar-refractivity contribution >= 4 is 16.7 Å². The predicted molar refractivity (Wildman–Crippen MR) is 129 cm³/mol. The van der Waals surface area contributed by atoms with Crippen LogP contribution in [0.5, 0.6) is 5.75 Å². The van der Waals surface area contributed by atoms with Crippen LogP contribution in [0.15, 0.2) is 75.9 Å². The van der Waals surface area contributed by atoms with Gasteiger partial charge in [-0.2, -0.15) is 0 Å². The molecule has 0 aliphatic rings. The van der Waals surface area contributed by atoms with Crippen LogP contribution in [-0.2, 0) is 12.0 Å². The minimum Gasteiger partial charge on any atom is -0.481 e. The van der Waals surface area contributed by atoms with E-state index in [1.807, 2.05) is 37.3 Å². The summed E-state index contributed by atoms with van der Waals surface area (Å²) >= 11 is 0. The molecule has 33 heavy (non-hydrogen) atoms. The van der Waals surface area contributed by atoms with Crippen LogP contribution in [0.4, 0.5) is 5.69 Å². The van der Waals surface area contributed by atoms with Crippen LogP contribution in [0.25, 0.3) is 22.3 Å². The van der Waals surface area contributed by atoms with Crippen molar-refractivity contribution in [3.63, 3.8) is 0 Å². The fraction of sp³-hybridized carbons (Fsp3) is 0.222. The molecule has 0 N–H and O–H groups in total. The van der Waals surface area contributed by atoms with Crippen molar-refractivity contribution < 1.29 is 14.1 Å². The number of aryl methyl sites for hydroxylation is 1. The van der Waals surface area contributed by atoms with Crippen LogP contribution in [0.3, 0.4) is 0 Å². The summed E-state index contributed by atoms with van der Waals surface area (Å²) in [4.78, 5) is 23.8. The number of rotatable bonds is 5. The number of hydrogen-bond acceptors (Lipinski definition) is 5. The summed E-state index contributed by atoms with van der Waals surface area (Å²) < 4.78 is 12.1. The average Bonchev–Trinajstić information content (AvgIpc) is 2.78. The molecule has 4 aromatic rings. The Morgan fingerprint density at radius 2 is 1.64 bits per heavy atom. The molecule has 0 spiro atoms. The number of hydrogen-bond donors (Lipinski definition) is 0. The minimum absolute atomic E-state index is 0.000860. The van der Waals surface area contributed by atoms with Crippen LogP contribution in [0.1, 0.15) is 37.5 Å². The monoisotopic (exact) mass is 443 g/mol. The highest BCUT2D eigenvalue weighted by molar-refractivity contribution is 5.82. The van der Waals surface area contributed by atoms with Crippen LogP contribution in [0, 0.1) is 17.0 Å². The average molecular weight is 443 g/mol. The molecule has 0 saturated carbocycles. The highest BCUT2D eigenvalue weighted by Gasteiger charge is 2.20. The van der Waals surface area contributed by atoms with Gasteiger partial charge in [-0.15, -0.1) is 0 Å². The van der Waals surface area contributed by atoms with Gasteiger partial charge in [0.15, 0.2) is 5.76 Å². The van der Waals surface area contributed by atoms with Gasteiger partial charge in [-0.3, -0.25) is 14.9 Å². The summed E-state index contributed by atoms with van der Waals surface area (Å²) in [5.41, 5.74) is 3.78. The molecule has 0 fully saturated rings. The largest absolute Gasteiger partial charge is 0.481 e. The number of non-ortho nitro benzene ring substituents is 1. The van der Waals surface area contributed by atoms with Gasteiger partial charge in [-0.05, 0) is 47.7 Å². The fourth-order valence-electron chi connectivity index (χ4n) is 3.60. The SMILES string of the molecule is Cc1ccc2oc(-c3ccc(C(C)(C)C)cc3)c(OCc3ccc([N+](=O)[O-])cc3)c(=O)c2c1. The van der Waals surface area contributed by atoms with Gasteiger partial charge in [-0.1, -0.05) is 56.7 Å². The lowest BCUT2D eigenvalue weighted by atomic mass is 9.86. The number of benzene rings is 3. The quantitative estimate of drug-likeness (QED) is 0.258. The molecule has 3 aromatic carbocycles. The molecule has 0 unspecified atom stereocenters. The summed E-state index contributed by atoms with van der Waals surface area (Å²) in [6.45, 7) is 8.40. The first-order chi connectivity index (χ1) is 15.6. The predicted octanol–water partition coefficient (Wildman–Crippen LogP) is 6.55. The van der Waals surface area contributed by atoms with Crippen molar-refractivity contribution in [2.24, 2.45) is 0 Å². The Balaban J connectivity index is 1.78. The van der Waals surface area contributed by atoms with Gasteiger partial charge < -0.3 is 9.15 Å². The molecule has 4 rings (SSSR count). The Morgan fingerprint density at radius 1 is 0.970 bits per heavy atom. The second kappa shape index (κ2) is 8.54. The second-order valence-corrected chi connectivity index (χ2v) is 9.13. The Labute approximate surface area is 191 Å². The lowest BCUT2D eigenvalue weighted by molar-refractivity contribution is -0.384. The molecule has 6 heteroatoms. The topological polar surface area (TPSA) is 82.6 Å². The normalized spacial score (nSPS) is 11.5. The molecule has 6 nitrogen and oxygen atoms in total. The second-order valence-electron chi connectivity index (χ2n) is 9.13. The van der Waals surface area contributed by atoms with E-state index in [1.54, 1.807) is 24.3 Å². The third kappa shape index (κ3) is 4.65. The Kier molecular flexibility index (Phi) is 5.77. The maximum Gasteiger partial charge on any atom is 0.269 e. The molecule has 1 heterocycles. The van der Waals surface area contributed by atoms with Crippen LogP contribution < -0.4 is 10.2 Å². The Morgan fingerprint density at radius 3 is 2.24 bits per heavy atom. The molecule has 0 saturated heterocycles. The van der Waals surface area contributed by atoms with Gasteiger partial charge in [0.2, 0.25) is 11.2 Å². The van der Waals surface area contributed by atoms with Gasteiger partial charge in [0.05, 0.1) is 10.3 Å². The Bertz CT molecular complexity index is 1380. The molecule has 0 atom stereocenters. The van der Waals surface area contributed by atoms with E-state index in [4.69, 9.17) is 9.15 Å². The van der Waals surface area contributed by atoms with Crippen molar-refractivity contribution in [3.05, 3.63) is 104 Å². The first-order valence-electron chi connectivity index (χ1n) is 10.7. The molecule has 1 aromatic heterocycles. The highest BCUT2D eigenvalue weighted by atomic mass is 16.6. The summed E-state index contributed by atoms with van der Waals surface area (Å²) in [7, 11) is 0. The zero-order valence-electron chi connectivity index (χ0n) is 19.0. The zero-order valence-corrected chi connectivity index (χ0v) is 19.0. The van der Waals surface area contributed by atoms with Gasteiger partial charge in [0.1, 0.15) is 12.2 Å². The van der Waals surface area contributed by atoms with Crippen molar-refractivity contribution in [1.82, 2.24) is 0 Å². The maximum absolute atomic E-state index is 13.4. The lowest BCUT2D eigenvalue weighted by Crippen LogP contribution is -2.11. The van der Waals surface area contributed by atoms with Crippen LogP contribution in [-0.4, -0.2) is 4.92 Å². The highest BCUT2D eigenvalue weighted by Crippen LogP contribution is 2.33. The molecule has 0 bridgehead atoms. The van der Waals surface area contributed by atoms with Crippen LogP contribution in [0.2, 0.25) is 0 Å². The number of nitrogens with zero attached hydrogens (tertiary/aromatic N) is 1. The Hall–Kier alpha value is -3.93.